The zero-order valence-corrected chi connectivity index (χ0v) is 24.3. The summed E-state index contributed by atoms with van der Waals surface area (Å²) in [6.45, 7) is 5.84. The SMILES string of the molecule is CCNC(=O)[C@@H](C)N(Cc1ccccc1)C(=O)CN(c1ccc(OCC)cc1)S(=O)(=O)c1ccc(SC)cc1. The first-order valence-corrected chi connectivity index (χ1v) is 15.4. The normalized spacial score (nSPS) is 11.9. The molecule has 0 aliphatic rings. The lowest BCUT2D eigenvalue weighted by Gasteiger charge is -2.32. The molecule has 0 bridgehead atoms. The third kappa shape index (κ3) is 7.77. The van der Waals surface area contributed by atoms with Crippen LogP contribution in [0.3, 0.4) is 0 Å². The number of nitrogens with one attached hydrogen (secondary N) is 1. The molecule has 3 rings (SSSR count). The number of rotatable bonds is 13. The number of anilines is 1. The van der Waals surface area contributed by atoms with Gasteiger partial charge in [-0.05, 0) is 81.1 Å². The number of carbonyl (C=O) groups excluding carboxylic acids is 2. The predicted molar refractivity (Wildman–Crippen MR) is 156 cm³/mol. The summed E-state index contributed by atoms with van der Waals surface area (Å²) < 4.78 is 34.4. The second-order valence-electron chi connectivity index (χ2n) is 8.69. The van der Waals surface area contributed by atoms with Crippen molar-refractivity contribution in [3.63, 3.8) is 0 Å². The van der Waals surface area contributed by atoms with Crippen LogP contribution < -0.4 is 14.4 Å². The Morgan fingerprint density at radius 2 is 1.59 bits per heavy atom. The molecule has 39 heavy (non-hydrogen) atoms. The fraction of sp³-hybridized carbons (Fsp3) is 0.310. The van der Waals surface area contributed by atoms with E-state index in [2.05, 4.69) is 5.32 Å². The Morgan fingerprint density at radius 3 is 2.15 bits per heavy atom. The summed E-state index contributed by atoms with van der Waals surface area (Å²) in [4.78, 5) is 29.0. The third-order valence-corrected chi connectivity index (χ3v) is 8.61. The predicted octanol–water partition coefficient (Wildman–Crippen LogP) is 4.56. The number of sulfonamides is 1. The Kier molecular flexibility index (Phi) is 10.8. The quantitative estimate of drug-likeness (QED) is 0.303. The molecule has 3 aromatic rings. The molecular formula is C29H35N3O5S2. The van der Waals surface area contributed by atoms with Gasteiger partial charge in [0.15, 0.2) is 0 Å². The number of ether oxygens (including phenoxy) is 1. The molecule has 2 amide bonds. The Morgan fingerprint density at radius 1 is 0.949 bits per heavy atom. The lowest BCUT2D eigenvalue weighted by molar-refractivity contribution is -0.139. The first-order valence-electron chi connectivity index (χ1n) is 12.7. The van der Waals surface area contributed by atoms with Gasteiger partial charge >= 0.3 is 0 Å². The van der Waals surface area contributed by atoms with Gasteiger partial charge in [0.05, 0.1) is 17.2 Å². The van der Waals surface area contributed by atoms with Gasteiger partial charge in [0.1, 0.15) is 18.3 Å². The third-order valence-electron chi connectivity index (χ3n) is 6.08. The Bertz CT molecular complexity index is 1330. The summed E-state index contributed by atoms with van der Waals surface area (Å²) in [6.07, 6.45) is 1.91. The van der Waals surface area contributed by atoms with Gasteiger partial charge in [0.2, 0.25) is 11.8 Å². The fourth-order valence-corrected chi connectivity index (χ4v) is 5.79. The van der Waals surface area contributed by atoms with Crippen molar-refractivity contribution >= 4 is 39.3 Å². The van der Waals surface area contributed by atoms with E-state index in [4.69, 9.17) is 4.74 Å². The molecule has 0 aromatic heterocycles. The monoisotopic (exact) mass is 569 g/mol. The van der Waals surface area contributed by atoms with E-state index in [1.807, 2.05) is 43.5 Å². The van der Waals surface area contributed by atoms with Crippen LogP contribution in [0.1, 0.15) is 26.3 Å². The van der Waals surface area contributed by atoms with Crippen molar-refractivity contribution in [2.75, 3.05) is 30.3 Å². The average Bonchev–Trinajstić information content (AvgIpc) is 2.95. The van der Waals surface area contributed by atoms with Crippen LogP contribution in [0.15, 0.2) is 88.7 Å². The molecule has 0 aliphatic carbocycles. The number of carbonyl (C=O) groups is 2. The smallest absolute Gasteiger partial charge is 0.264 e. The summed E-state index contributed by atoms with van der Waals surface area (Å²) in [5.74, 6) is -0.231. The van der Waals surface area contributed by atoms with Crippen LogP contribution in [-0.2, 0) is 26.2 Å². The number of benzene rings is 3. The molecule has 1 atom stereocenters. The zero-order valence-electron chi connectivity index (χ0n) is 22.7. The number of amides is 2. The van der Waals surface area contributed by atoms with Gasteiger partial charge < -0.3 is 15.0 Å². The number of hydrogen-bond acceptors (Lipinski definition) is 6. The summed E-state index contributed by atoms with van der Waals surface area (Å²) in [5, 5.41) is 2.76. The second kappa shape index (κ2) is 14.0. The number of thioether (sulfide) groups is 1. The van der Waals surface area contributed by atoms with Crippen LogP contribution in [0, 0.1) is 0 Å². The molecule has 3 aromatic carbocycles. The van der Waals surface area contributed by atoms with Crippen molar-refractivity contribution in [1.82, 2.24) is 10.2 Å². The molecule has 0 fully saturated rings. The first-order chi connectivity index (χ1) is 18.7. The van der Waals surface area contributed by atoms with E-state index in [9.17, 15) is 18.0 Å². The largest absolute Gasteiger partial charge is 0.494 e. The molecule has 10 heteroatoms. The molecule has 0 heterocycles. The minimum atomic E-state index is -4.13. The van der Waals surface area contributed by atoms with Crippen LogP contribution in [0.5, 0.6) is 5.75 Å². The fourth-order valence-electron chi connectivity index (χ4n) is 3.96. The Hall–Kier alpha value is -3.50. The van der Waals surface area contributed by atoms with Gasteiger partial charge in [0, 0.05) is 18.0 Å². The van der Waals surface area contributed by atoms with Gasteiger partial charge in [-0.15, -0.1) is 11.8 Å². The highest BCUT2D eigenvalue weighted by molar-refractivity contribution is 7.98. The van der Waals surface area contributed by atoms with E-state index in [1.165, 1.54) is 28.8 Å². The van der Waals surface area contributed by atoms with Crippen molar-refractivity contribution in [3.8, 4) is 5.75 Å². The van der Waals surface area contributed by atoms with Gasteiger partial charge in [0.25, 0.3) is 10.0 Å². The highest BCUT2D eigenvalue weighted by Gasteiger charge is 2.32. The molecule has 1 N–H and O–H groups in total. The van der Waals surface area contributed by atoms with Crippen molar-refractivity contribution in [2.45, 2.75) is 43.1 Å². The maximum Gasteiger partial charge on any atom is 0.264 e. The molecule has 0 unspecified atom stereocenters. The number of hydrogen-bond donors (Lipinski definition) is 1. The van der Waals surface area contributed by atoms with E-state index < -0.39 is 28.5 Å². The second-order valence-corrected chi connectivity index (χ2v) is 11.4. The van der Waals surface area contributed by atoms with Crippen LogP contribution in [0.25, 0.3) is 0 Å². The molecule has 0 saturated carbocycles. The number of nitrogens with zero attached hydrogens (tertiary/aromatic N) is 2. The molecule has 0 spiro atoms. The maximum absolute atomic E-state index is 13.9. The molecule has 0 saturated heterocycles. The first kappa shape index (κ1) is 30.0. The lowest BCUT2D eigenvalue weighted by atomic mass is 10.1. The highest BCUT2D eigenvalue weighted by atomic mass is 32.2. The minimum absolute atomic E-state index is 0.0633. The van der Waals surface area contributed by atoms with Crippen LogP contribution in [-0.4, -0.2) is 57.1 Å². The van der Waals surface area contributed by atoms with E-state index in [0.717, 1.165) is 14.8 Å². The molecule has 0 aliphatic heterocycles. The Balaban J connectivity index is 2.02. The van der Waals surface area contributed by atoms with Crippen molar-refractivity contribution < 1.29 is 22.7 Å². The highest BCUT2D eigenvalue weighted by Crippen LogP contribution is 2.28. The molecular weight excluding hydrogens is 534 g/mol. The van der Waals surface area contributed by atoms with Crippen molar-refractivity contribution in [2.24, 2.45) is 0 Å². The van der Waals surface area contributed by atoms with Crippen LogP contribution >= 0.6 is 11.8 Å². The van der Waals surface area contributed by atoms with Gasteiger partial charge in [-0.25, -0.2) is 8.42 Å². The molecule has 0 radical (unpaired) electrons. The van der Waals surface area contributed by atoms with E-state index >= 15 is 0 Å². The van der Waals surface area contributed by atoms with Crippen LogP contribution in [0.4, 0.5) is 5.69 Å². The van der Waals surface area contributed by atoms with Crippen molar-refractivity contribution in [1.29, 1.82) is 0 Å². The van der Waals surface area contributed by atoms with Crippen LogP contribution in [0.2, 0.25) is 0 Å². The summed E-state index contributed by atoms with van der Waals surface area (Å²) >= 11 is 1.50. The topological polar surface area (TPSA) is 96.0 Å². The molecule has 8 nitrogen and oxygen atoms in total. The summed E-state index contributed by atoms with van der Waals surface area (Å²) in [7, 11) is -4.13. The van der Waals surface area contributed by atoms with Crippen molar-refractivity contribution in [3.05, 3.63) is 84.4 Å². The number of likely N-dealkylation sites (N-methyl/N-ethyl adjacent to an activating group) is 1. The van der Waals surface area contributed by atoms with Gasteiger partial charge in [-0.1, -0.05) is 30.3 Å². The van der Waals surface area contributed by atoms with Gasteiger partial charge in [-0.3, -0.25) is 13.9 Å². The van der Waals surface area contributed by atoms with E-state index in [1.54, 1.807) is 50.2 Å². The molecule has 208 valence electrons. The zero-order chi connectivity index (χ0) is 28.4. The summed E-state index contributed by atoms with van der Waals surface area (Å²) in [5.41, 5.74) is 1.14. The summed E-state index contributed by atoms with van der Waals surface area (Å²) in [6, 6.07) is 21.6. The average molecular weight is 570 g/mol. The standard InChI is InChI=1S/C29H35N3O5S2/c1-5-30-29(34)22(3)31(20-23-10-8-7-9-11-23)28(33)21-32(24-12-14-25(15-13-24)37-6-2)39(35,36)27-18-16-26(38-4)17-19-27/h7-19,22H,5-6,20-21H2,1-4H3,(H,30,34)/t22-/m1/s1. The maximum atomic E-state index is 13.9. The Labute approximate surface area is 235 Å². The van der Waals surface area contributed by atoms with E-state index in [0.29, 0.717) is 24.6 Å². The van der Waals surface area contributed by atoms with Gasteiger partial charge in [-0.2, -0.15) is 0 Å². The minimum Gasteiger partial charge on any atom is -0.494 e. The van der Waals surface area contributed by atoms with E-state index in [-0.39, 0.29) is 17.3 Å². The lowest BCUT2D eigenvalue weighted by Crippen LogP contribution is -2.51.